The van der Waals surface area contributed by atoms with Crippen molar-refractivity contribution >= 4 is 11.8 Å². The van der Waals surface area contributed by atoms with Crippen molar-refractivity contribution in [1.82, 2.24) is 10.2 Å². The number of carbonyl (C=O) groups is 2. The summed E-state index contributed by atoms with van der Waals surface area (Å²) in [7, 11) is 0. The molecule has 2 saturated heterocycles. The van der Waals surface area contributed by atoms with E-state index in [-0.39, 0.29) is 17.9 Å². The molecule has 1 aliphatic carbocycles. The number of fused-ring (bicyclic) bond motifs is 1. The third-order valence-corrected chi connectivity index (χ3v) is 6.48. The first kappa shape index (κ1) is 18.4. The second-order valence-corrected chi connectivity index (χ2v) is 8.36. The quantitative estimate of drug-likeness (QED) is 0.613. The Bertz CT molecular complexity index is 657. The van der Waals surface area contributed by atoms with Crippen LogP contribution in [0.1, 0.15) is 37.7 Å². The van der Waals surface area contributed by atoms with Crippen LogP contribution in [0, 0.1) is 0 Å². The monoisotopic (exact) mass is 372 g/mol. The molecule has 3 fully saturated rings. The number of hydrogen-bond donors (Lipinski definition) is 3. The lowest BCUT2D eigenvalue weighted by molar-refractivity contribution is -0.917. The summed E-state index contributed by atoms with van der Waals surface area (Å²) in [6.07, 6.45) is 5.01. The van der Waals surface area contributed by atoms with E-state index in [2.05, 4.69) is 34.9 Å². The van der Waals surface area contributed by atoms with Crippen molar-refractivity contribution in [2.75, 3.05) is 26.2 Å². The standard InChI is InChI=1S/C21H30N4O2/c26-20(14-19-21(27)23-18-9-5-4-8-17(18)22-19)25-12-10-24(11-13-25)15-16-6-2-1-3-7-16/h1-3,6-7,17-19,22H,4-5,8-15H2,(H,23,27)/p+2/t17-,18+,19-/m1/s1. The van der Waals surface area contributed by atoms with Crippen LogP contribution in [-0.2, 0) is 16.1 Å². The average Bonchev–Trinajstić information content (AvgIpc) is 2.70. The topological polar surface area (TPSA) is 70.5 Å². The Morgan fingerprint density at radius 2 is 1.89 bits per heavy atom. The number of piperazine rings is 2. The van der Waals surface area contributed by atoms with Gasteiger partial charge in [0.1, 0.15) is 12.6 Å². The van der Waals surface area contributed by atoms with Crippen molar-refractivity contribution in [2.45, 2.75) is 56.8 Å². The van der Waals surface area contributed by atoms with Gasteiger partial charge in [0.15, 0.2) is 6.04 Å². The van der Waals surface area contributed by atoms with Crippen LogP contribution in [0.15, 0.2) is 30.3 Å². The van der Waals surface area contributed by atoms with Gasteiger partial charge in [-0.3, -0.25) is 9.59 Å². The van der Waals surface area contributed by atoms with Gasteiger partial charge >= 0.3 is 0 Å². The number of quaternary nitrogens is 2. The molecule has 1 saturated carbocycles. The Morgan fingerprint density at radius 1 is 1.15 bits per heavy atom. The maximum absolute atomic E-state index is 12.8. The number of carbonyl (C=O) groups excluding carboxylic acids is 2. The fraction of sp³-hybridized carbons (Fsp3) is 0.619. The molecule has 3 atom stereocenters. The second kappa shape index (κ2) is 8.40. The van der Waals surface area contributed by atoms with Crippen LogP contribution >= 0.6 is 0 Å². The predicted octanol–water partition coefficient (Wildman–Crippen LogP) is -1.32. The molecule has 1 aromatic rings. The predicted molar refractivity (Wildman–Crippen MR) is 102 cm³/mol. The van der Waals surface area contributed by atoms with E-state index in [1.807, 2.05) is 11.0 Å². The summed E-state index contributed by atoms with van der Waals surface area (Å²) < 4.78 is 0. The van der Waals surface area contributed by atoms with E-state index in [9.17, 15) is 9.59 Å². The summed E-state index contributed by atoms with van der Waals surface area (Å²) in [6, 6.07) is 11.1. The highest BCUT2D eigenvalue weighted by Crippen LogP contribution is 2.18. The molecule has 2 aliphatic heterocycles. The van der Waals surface area contributed by atoms with Crippen molar-refractivity contribution in [3.05, 3.63) is 35.9 Å². The van der Waals surface area contributed by atoms with Gasteiger partial charge in [0.2, 0.25) is 5.91 Å². The Balaban J connectivity index is 1.25. The van der Waals surface area contributed by atoms with E-state index in [4.69, 9.17) is 0 Å². The molecule has 6 nitrogen and oxygen atoms in total. The van der Waals surface area contributed by atoms with Gasteiger partial charge in [-0.05, 0) is 12.8 Å². The number of nitrogens with two attached hydrogens (primary N) is 1. The molecule has 6 heteroatoms. The van der Waals surface area contributed by atoms with Gasteiger partial charge in [0.05, 0.1) is 38.6 Å². The van der Waals surface area contributed by atoms with E-state index in [1.165, 1.54) is 23.3 Å². The number of amides is 2. The van der Waals surface area contributed by atoms with Gasteiger partial charge in [-0.2, -0.15) is 0 Å². The second-order valence-electron chi connectivity index (χ2n) is 8.36. The number of nitrogens with one attached hydrogen (secondary N) is 2. The normalized spacial score (nSPS) is 29.1. The summed E-state index contributed by atoms with van der Waals surface area (Å²) in [5.74, 6) is 0.194. The zero-order valence-electron chi connectivity index (χ0n) is 16.0. The van der Waals surface area contributed by atoms with E-state index < -0.39 is 0 Å². The van der Waals surface area contributed by atoms with Gasteiger partial charge in [-0.25, -0.2) is 0 Å². The SMILES string of the molecule is O=C1N[C@H]2CCCC[C@H]2[NH2+][C@@H]1CC(=O)N1CC[NH+](Cc2ccccc2)CC1. The third-order valence-electron chi connectivity index (χ3n) is 6.48. The summed E-state index contributed by atoms with van der Waals surface area (Å²) in [4.78, 5) is 28.6. The number of rotatable bonds is 4. The van der Waals surface area contributed by atoms with Crippen LogP contribution in [0.2, 0.25) is 0 Å². The number of hydrogen-bond acceptors (Lipinski definition) is 2. The van der Waals surface area contributed by atoms with E-state index in [1.54, 1.807) is 0 Å². The van der Waals surface area contributed by atoms with Crippen molar-refractivity contribution in [3.8, 4) is 0 Å². The van der Waals surface area contributed by atoms with Gasteiger partial charge < -0.3 is 20.4 Å². The molecule has 0 aromatic heterocycles. The van der Waals surface area contributed by atoms with Crippen molar-refractivity contribution in [1.29, 1.82) is 0 Å². The van der Waals surface area contributed by atoms with Crippen LogP contribution in [-0.4, -0.2) is 61.0 Å². The lowest BCUT2D eigenvalue weighted by atomic mass is 9.87. The molecule has 27 heavy (non-hydrogen) atoms. The van der Waals surface area contributed by atoms with Crippen molar-refractivity contribution in [3.63, 3.8) is 0 Å². The minimum absolute atomic E-state index is 0.0554. The average molecular weight is 373 g/mol. The van der Waals surface area contributed by atoms with Crippen LogP contribution in [0.4, 0.5) is 0 Å². The summed E-state index contributed by atoms with van der Waals surface area (Å²) >= 11 is 0. The molecule has 4 rings (SSSR count). The summed E-state index contributed by atoms with van der Waals surface area (Å²) in [5, 5.41) is 5.34. The Hall–Kier alpha value is -1.92. The Kier molecular flexibility index (Phi) is 5.74. The lowest BCUT2D eigenvalue weighted by Crippen LogP contribution is -3.13. The Labute approximate surface area is 161 Å². The molecule has 2 heterocycles. The van der Waals surface area contributed by atoms with Crippen molar-refractivity contribution in [2.24, 2.45) is 0 Å². The van der Waals surface area contributed by atoms with E-state index in [0.29, 0.717) is 18.5 Å². The first-order valence-electron chi connectivity index (χ1n) is 10.5. The zero-order valence-corrected chi connectivity index (χ0v) is 16.0. The molecule has 0 radical (unpaired) electrons. The first-order chi connectivity index (χ1) is 13.2. The van der Waals surface area contributed by atoms with Crippen LogP contribution in [0.25, 0.3) is 0 Å². The molecule has 4 N–H and O–H groups in total. The largest absolute Gasteiger partial charge is 0.342 e. The lowest BCUT2D eigenvalue weighted by Gasteiger charge is -2.38. The highest BCUT2D eigenvalue weighted by molar-refractivity contribution is 5.87. The molecular weight excluding hydrogens is 340 g/mol. The van der Waals surface area contributed by atoms with E-state index in [0.717, 1.165) is 45.6 Å². The van der Waals surface area contributed by atoms with Gasteiger partial charge in [0.25, 0.3) is 5.91 Å². The Morgan fingerprint density at radius 3 is 2.67 bits per heavy atom. The minimum Gasteiger partial charge on any atom is -0.342 e. The van der Waals surface area contributed by atoms with E-state index >= 15 is 0 Å². The van der Waals surface area contributed by atoms with Gasteiger partial charge in [-0.15, -0.1) is 0 Å². The highest BCUT2D eigenvalue weighted by atomic mass is 16.2. The fourth-order valence-electron chi connectivity index (χ4n) is 4.86. The van der Waals surface area contributed by atoms with Crippen LogP contribution in [0.5, 0.6) is 0 Å². The molecule has 3 aliphatic rings. The fourth-order valence-corrected chi connectivity index (χ4v) is 4.86. The molecule has 0 bridgehead atoms. The summed E-state index contributed by atoms with van der Waals surface area (Å²) in [6.45, 7) is 4.56. The number of benzene rings is 1. The minimum atomic E-state index is -0.244. The van der Waals surface area contributed by atoms with Crippen molar-refractivity contribution < 1.29 is 19.8 Å². The van der Waals surface area contributed by atoms with Gasteiger partial charge in [-0.1, -0.05) is 36.8 Å². The maximum Gasteiger partial charge on any atom is 0.279 e. The smallest absolute Gasteiger partial charge is 0.279 e. The highest BCUT2D eigenvalue weighted by Gasteiger charge is 2.41. The molecule has 146 valence electrons. The zero-order chi connectivity index (χ0) is 18.6. The third kappa shape index (κ3) is 4.50. The molecule has 2 amide bonds. The molecule has 0 unspecified atom stereocenters. The van der Waals surface area contributed by atoms with Crippen LogP contribution in [0.3, 0.4) is 0 Å². The number of nitrogens with zero attached hydrogens (tertiary/aromatic N) is 1. The van der Waals surface area contributed by atoms with Crippen LogP contribution < -0.4 is 15.5 Å². The molecular formula is C21H32N4O2+2. The first-order valence-corrected chi connectivity index (χ1v) is 10.5. The van der Waals surface area contributed by atoms with Gasteiger partial charge in [0, 0.05) is 12.0 Å². The molecule has 1 aromatic carbocycles. The summed E-state index contributed by atoms with van der Waals surface area (Å²) in [5.41, 5.74) is 1.35. The molecule has 0 spiro atoms. The maximum atomic E-state index is 12.8.